The molecule has 0 aliphatic carbocycles. The molecule has 0 amide bonds. The molecule has 1 aliphatic rings. The molecule has 0 spiro atoms. The van der Waals surface area contributed by atoms with Crippen LogP contribution in [0.5, 0.6) is 0 Å². The average Bonchev–Trinajstić information content (AvgIpc) is 2.98. The first-order valence-corrected chi connectivity index (χ1v) is 6.44. The highest BCUT2D eigenvalue weighted by Gasteiger charge is 2.64. The normalized spacial score (nSPS) is 21.1. The van der Waals surface area contributed by atoms with Crippen LogP contribution in [0.2, 0.25) is 0 Å². The Bertz CT molecular complexity index is 379. The summed E-state index contributed by atoms with van der Waals surface area (Å²) in [7, 11) is -6.15. The zero-order valence-electron chi connectivity index (χ0n) is 9.11. The summed E-state index contributed by atoms with van der Waals surface area (Å²) in [4.78, 5) is 0. The van der Waals surface area contributed by atoms with Gasteiger partial charge in [0.05, 0.1) is 13.2 Å². The number of hydrogen-bond acceptors (Lipinski definition) is 4. The molecule has 18 heavy (non-hydrogen) atoms. The van der Waals surface area contributed by atoms with Gasteiger partial charge in [0, 0.05) is 13.0 Å². The molecule has 1 unspecified atom stereocenters. The highest BCUT2D eigenvalue weighted by Crippen LogP contribution is 2.41. The van der Waals surface area contributed by atoms with E-state index < -0.39 is 34.1 Å². The highest BCUT2D eigenvalue weighted by atomic mass is 32.2. The fraction of sp³-hybridized carbons (Fsp3) is 1.00. The molecule has 0 aromatic heterocycles. The molecule has 0 saturated carbocycles. The maximum Gasteiger partial charge on any atom is 0.431 e. The fourth-order valence-corrected chi connectivity index (χ4v) is 1.59. The van der Waals surface area contributed by atoms with E-state index in [1.807, 2.05) is 0 Å². The van der Waals surface area contributed by atoms with Crippen molar-refractivity contribution in [1.29, 1.82) is 0 Å². The molecule has 108 valence electrons. The molecule has 1 heterocycles. The first kappa shape index (κ1) is 15.6. The van der Waals surface area contributed by atoms with E-state index in [1.165, 1.54) is 0 Å². The maximum atomic E-state index is 12.9. The van der Waals surface area contributed by atoms with Crippen LogP contribution in [0.3, 0.4) is 0 Å². The third-order valence-electron chi connectivity index (χ3n) is 2.24. The van der Waals surface area contributed by atoms with Gasteiger partial charge in [0.2, 0.25) is 0 Å². The third-order valence-corrected chi connectivity index (χ3v) is 3.18. The van der Waals surface area contributed by atoms with E-state index in [0.29, 0.717) is 6.61 Å². The van der Waals surface area contributed by atoms with E-state index in [2.05, 4.69) is 0 Å². The van der Waals surface area contributed by atoms with Crippen molar-refractivity contribution in [2.45, 2.75) is 30.1 Å². The van der Waals surface area contributed by atoms with E-state index in [-0.39, 0.29) is 19.3 Å². The van der Waals surface area contributed by atoms with Gasteiger partial charge in [0.15, 0.2) is 0 Å². The predicted molar refractivity (Wildman–Crippen MR) is 51.2 cm³/mol. The van der Waals surface area contributed by atoms with Crippen molar-refractivity contribution in [2.75, 3.05) is 19.8 Å². The Kier molecular flexibility index (Phi) is 4.57. The molecule has 1 N–H and O–H groups in total. The van der Waals surface area contributed by atoms with Crippen molar-refractivity contribution in [3.8, 4) is 0 Å². The van der Waals surface area contributed by atoms with E-state index in [0.717, 1.165) is 0 Å². The molecule has 0 aromatic rings. The quantitative estimate of drug-likeness (QED) is 0.316. The number of hydrogen-bond donors (Lipinski definition) is 1. The van der Waals surface area contributed by atoms with Gasteiger partial charge in [0.1, 0.15) is 6.10 Å². The average molecular weight is 296 g/mol. The van der Waals surface area contributed by atoms with Crippen molar-refractivity contribution in [3.63, 3.8) is 0 Å². The summed E-state index contributed by atoms with van der Waals surface area (Å²) < 4.78 is 89.2. The molecule has 5 nitrogen and oxygen atoms in total. The summed E-state index contributed by atoms with van der Waals surface area (Å²) >= 11 is 0. The van der Waals surface area contributed by atoms with E-state index >= 15 is 0 Å². The van der Waals surface area contributed by atoms with Crippen LogP contribution >= 0.6 is 0 Å². The van der Waals surface area contributed by atoms with Gasteiger partial charge in [-0.2, -0.15) is 26.0 Å². The van der Waals surface area contributed by atoms with Gasteiger partial charge in [-0.3, -0.25) is 4.55 Å². The van der Waals surface area contributed by atoms with E-state index in [1.54, 1.807) is 0 Å². The lowest BCUT2D eigenvalue weighted by Gasteiger charge is -2.23. The number of epoxide rings is 1. The Morgan fingerprint density at radius 2 is 1.89 bits per heavy atom. The minimum atomic E-state index is -6.15. The number of ether oxygens (including phenoxy) is 2. The van der Waals surface area contributed by atoms with Gasteiger partial charge in [-0.1, -0.05) is 0 Å². The molecular formula is C8H12F4O5S. The second-order valence-corrected chi connectivity index (χ2v) is 5.29. The summed E-state index contributed by atoms with van der Waals surface area (Å²) in [5, 5.41) is -5.50. The summed E-state index contributed by atoms with van der Waals surface area (Å²) in [5.41, 5.74) is 0. The minimum Gasteiger partial charge on any atom is -0.379 e. The highest BCUT2D eigenvalue weighted by molar-refractivity contribution is 7.87. The molecule has 0 aromatic carbocycles. The Labute approximate surface area is 101 Å². The summed E-state index contributed by atoms with van der Waals surface area (Å²) in [6.07, 6.45) is -1.96. The lowest BCUT2D eigenvalue weighted by atomic mass is 10.2. The SMILES string of the molecule is O=S(=O)(O)C(F)(F)C(F)(F)CCCOCC1CO1. The van der Waals surface area contributed by atoms with Crippen molar-refractivity contribution >= 4 is 10.1 Å². The van der Waals surface area contributed by atoms with Crippen molar-refractivity contribution in [1.82, 2.24) is 0 Å². The van der Waals surface area contributed by atoms with Gasteiger partial charge in [-0.15, -0.1) is 0 Å². The largest absolute Gasteiger partial charge is 0.431 e. The lowest BCUT2D eigenvalue weighted by Crippen LogP contribution is -2.46. The van der Waals surface area contributed by atoms with Crippen LogP contribution < -0.4 is 0 Å². The van der Waals surface area contributed by atoms with Crippen molar-refractivity contribution in [2.24, 2.45) is 0 Å². The van der Waals surface area contributed by atoms with Gasteiger partial charge < -0.3 is 9.47 Å². The summed E-state index contributed by atoms with van der Waals surface area (Å²) in [5.74, 6) is -4.85. The van der Waals surface area contributed by atoms with Crippen LogP contribution in [0.4, 0.5) is 17.6 Å². The molecule has 0 radical (unpaired) electrons. The fourth-order valence-electron chi connectivity index (χ4n) is 1.11. The topological polar surface area (TPSA) is 76.1 Å². The monoisotopic (exact) mass is 296 g/mol. The predicted octanol–water partition coefficient (Wildman–Crippen LogP) is 1.30. The third kappa shape index (κ3) is 3.77. The van der Waals surface area contributed by atoms with Crippen LogP contribution in [-0.4, -0.2) is 50.1 Å². The van der Waals surface area contributed by atoms with Crippen LogP contribution in [0, 0.1) is 0 Å². The molecule has 1 aliphatic heterocycles. The molecule has 1 rings (SSSR count). The molecule has 1 saturated heterocycles. The van der Waals surface area contributed by atoms with E-state index in [4.69, 9.17) is 14.0 Å². The first-order chi connectivity index (χ1) is 8.08. The molecule has 10 heteroatoms. The zero-order chi connectivity index (χ0) is 14.0. The Morgan fingerprint density at radius 1 is 1.33 bits per heavy atom. The standard InChI is InChI=1S/C8H12F4O5S/c9-7(10,8(11,12)18(13,14)15)2-1-3-16-4-6-5-17-6/h6H,1-5H2,(H,13,14,15). The number of halogens is 4. The van der Waals surface area contributed by atoms with Crippen LogP contribution in [0.1, 0.15) is 12.8 Å². The van der Waals surface area contributed by atoms with Crippen LogP contribution in [0.15, 0.2) is 0 Å². The maximum absolute atomic E-state index is 12.9. The number of alkyl halides is 4. The first-order valence-electron chi connectivity index (χ1n) is 5.00. The van der Waals surface area contributed by atoms with E-state index in [9.17, 15) is 26.0 Å². The minimum absolute atomic E-state index is 0.0789. The smallest absolute Gasteiger partial charge is 0.379 e. The van der Waals surface area contributed by atoms with Crippen LogP contribution in [-0.2, 0) is 19.6 Å². The van der Waals surface area contributed by atoms with Gasteiger partial charge >= 0.3 is 21.3 Å². The van der Waals surface area contributed by atoms with Gasteiger partial charge in [-0.05, 0) is 6.42 Å². The number of rotatable bonds is 8. The van der Waals surface area contributed by atoms with Gasteiger partial charge in [-0.25, -0.2) is 0 Å². The van der Waals surface area contributed by atoms with Gasteiger partial charge in [0.25, 0.3) is 0 Å². The second-order valence-electron chi connectivity index (χ2n) is 3.83. The lowest BCUT2D eigenvalue weighted by molar-refractivity contribution is -0.166. The summed E-state index contributed by atoms with van der Waals surface area (Å²) in [6.45, 7) is 0.467. The summed E-state index contributed by atoms with van der Waals surface area (Å²) in [6, 6.07) is 0. The molecular weight excluding hydrogens is 284 g/mol. The van der Waals surface area contributed by atoms with Crippen LogP contribution in [0.25, 0.3) is 0 Å². The molecule has 1 atom stereocenters. The van der Waals surface area contributed by atoms with Crippen molar-refractivity contribution < 1.29 is 40.0 Å². The molecule has 0 bridgehead atoms. The molecule has 1 fully saturated rings. The Morgan fingerprint density at radius 3 is 2.33 bits per heavy atom. The second kappa shape index (κ2) is 5.27. The zero-order valence-corrected chi connectivity index (χ0v) is 9.93. The Hall–Kier alpha value is -0.450. The van der Waals surface area contributed by atoms with Crippen molar-refractivity contribution in [3.05, 3.63) is 0 Å². The Balaban J connectivity index is 2.37.